The average Bonchev–Trinajstić information content (AvgIpc) is 2.01. The number of hydrogen-bond acceptors (Lipinski definition) is 4. The Bertz CT molecular complexity index is 356. The summed E-state index contributed by atoms with van der Waals surface area (Å²) < 4.78 is 4.40. The first kappa shape index (κ1) is 8.32. The van der Waals surface area contributed by atoms with Gasteiger partial charge in [0.25, 0.3) is 0 Å². The van der Waals surface area contributed by atoms with E-state index in [4.69, 9.17) is 5.73 Å². The van der Waals surface area contributed by atoms with Crippen LogP contribution in [0.5, 0.6) is 0 Å². The molecule has 0 saturated heterocycles. The van der Waals surface area contributed by atoms with Crippen molar-refractivity contribution in [3.8, 4) is 0 Å². The number of esters is 1. The Balaban J connectivity index is 3.17. The lowest BCUT2D eigenvalue weighted by Gasteiger charge is -1.98. The van der Waals surface area contributed by atoms with Crippen molar-refractivity contribution in [1.82, 2.24) is 4.98 Å². The summed E-state index contributed by atoms with van der Waals surface area (Å²) in [5.74, 6) is -0.435. The average molecular weight is 168 g/mol. The quantitative estimate of drug-likeness (QED) is 0.566. The second-order valence-electron chi connectivity index (χ2n) is 2.18. The molecule has 0 aliphatic carbocycles. The molecule has 1 aromatic heterocycles. The minimum absolute atomic E-state index is 0.142. The predicted octanol–water partition coefficient (Wildman–Crippen LogP) is -0.256. The monoisotopic (exact) mass is 168 g/mol. The van der Waals surface area contributed by atoms with Gasteiger partial charge in [-0.3, -0.25) is 4.79 Å². The van der Waals surface area contributed by atoms with Crippen LogP contribution in [0, 0.1) is 0 Å². The highest BCUT2D eigenvalue weighted by Crippen LogP contribution is 2.00. The number of rotatable bonds is 1. The fourth-order valence-corrected chi connectivity index (χ4v) is 0.801. The summed E-state index contributed by atoms with van der Waals surface area (Å²) >= 11 is 0. The molecule has 0 radical (unpaired) electrons. The first-order chi connectivity index (χ1) is 5.63. The van der Waals surface area contributed by atoms with Crippen LogP contribution in [0.1, 0.15) is 10.4 Å². The van der Waals surface area contributed by atoms with Gasteiger partial charge in [-0.05, 0) is 6.07 Å². The molecule has 0 fully saturated rings. The smallest absolute Gasteiger partial charge is 0.338 e. The van der Waals surface area contributed by atoms with E-state index in [0.717, 1.165) is 6.07 Å². The number of anilines is 1. The highest BCUT2D eigenvalue weighted by atomic mass is 16.5. The number of methoxy groups -OCH3 is 1. The summed E-state index contributed by atoms with van der Waals surface area (Å²) in [5, 5.41) is 0. The van der Waals surface area contributed by atoms with Crippen molar-refractivity contribution in [2.75, 3.05) is 12.8 Å². The zero-order valence-corrected chi connectivity index (χ0v) is 6.46. The molecule has 12 heavy (non-hydrogen) atoms. The number of aromatic nitrogens is 1. The van der Waals surface area contributed by atoms with Crippen molar-refractivity contribution < 1.29 is 9.53 Å². The molecule has 64 valence electrons. The maximum absolute atomic E-state index is 10.9. The van der Waals surface area contributed by atoms with Gasteiger partial charge in [-0.25, -0.2) is 4.79 Å². The lowest BCUT2D eigenvalue weighted by Crippen LogP contribution is -2.12. The minimum Gasteiger partial charge on any atom is -0.465 e. The van der Waals surface area contributed by atoms with Crippen LogP contribution in [0.15, 0.2) is 16.9 Å². The Morgan fingerprint density at radius 1 is 1.58 bits per heavy atom. The van der Waals surface area contributed by atoms with Gasteiger partial charge in [-0.2, -0.15) is 0 Å². The number of ether oxygens (including phenoxy) is 1. The standard InChI is InChI=1S/C7H8N2O3/c1-12-7(11)4-2-5(8)9-6(10)3-4/h2-3H,1H3,(H3,8,9,10). The third kappa shape index (κ3) is 1.63. The maximum atomic E-state index is 10.9. The highest BCUT2D eigenvalue weighted by molar-refractivity contribution is 5.89. The van der Waals surface area contributed by atoms with Gasteiger partial charge < -0.3 is 15.5 Å². The fraction of sp³-hybridized carbons (Fsp3) is 0.143. The van der Waals surface area contributed by atoms with Gasteiger partial charge in [0.15, 0.2) is 0 Å². The van der Waals surface area contributed by atoms with Crippen molar-refractivity contribution in [2.45, 2.75) is 0 Å². The van der Waals surface area contributed by atoms with E-state index in [9.17, 15) is 9.59 Å². The Hall–Kier alpha value is -1.78. The molecule has 0 amide bonds. The number of nitrogen functional groups attached to an aromatic ring is 1. The molecule has 3 N–H and O–H groups in total. The van der Waals surface area contributed by atoms with Gasteiger partial charge in [0, 0.05) is 6.07 Å². The van der Waals surface area contributed by atoms with Crippen molar-refractivity contribution in [3.63, 3.8) is 0 Å². The van der Waals surface area contributed by atoms with E-state index in [-0.39, 0.29) is 11.4 Å². The SMILES string of the molecule is COC(=O)c1cc(N)[nH]c(=O)c1. The van der Waals surface area contributed by atoms with Crippen LogP contribution in [-0.2, 0) is 4.74 Å². The molecule has 5 nitrogen and oxygen atoms in total. The first-order valence-corrected chi connectivity index (χ1v) is 3.21. The lowest BCUT2D eigenvalue weighted by atomic mass is 10.2. The number of carbonyl (C=O) groups is 1. The summed E-state index contributed by atoms with van der Waals surface area (Å²) in [6.45, 7) is 0. The van der Waals surface area contributed by atoms with E-state index in [1.165, 1.54) is 13.2 Å². The molecule has 0 unspecified atom stereocenters. The van der Waals surface area contributed by atoms with E-state index in [1.807, 2.05) is 0 Å². The highest BCUT2D eigenvalue weighted by Gasteiger charge is 2.05. The van der Waals surface area contributed by atoms with Crippen molar-refractivity contribution in [2.24, 2.45) is 0 Å². The van der Waals surface area contributed by atoms with E-state index in [2.05, 4.69) is 9.72 Å². The molecular weight excluding hydrogens is 160 g/mol. The zero-order valence-electron chi connectivity index (χ0n) is 6.46. The first-order valence-electron chi connectivity index (χ1n) is 3.21. The summed E-state index contributed by atoms with van der Waals surface area (Å²) in [6.07, 6.45) is 0. The van der Waals surface area contributed by atoms with Crippen LogP contribution in [0.2, 0.25) is 0 Å². The number of aromatic amines is 1. The Morgan fingerprint density at radius 3 is 2.75 bits per heavy atom. The number of carbonyl (C=O) groups excluding carboxylic acids is 1. The molecule has 1 heterocycles. The maximum Gasteiger partial charge on any atom is 0.338 e. The zero-order chi connectivity index (χ0) is 9.14. The molecular formula is C7H8N2O3. The van der Waals surface area contributed by atoms with Crippen LogP contribution in [0.4, 0.5) is 5.82 Å². The van der Waals surface area contributed by atoms with Gasteiger partial charge >= 0.3 is 5.97 Å². The van der Waals surface area contributed by atoms with Gasteiger partial charge in [-0.1, -0.05) is 0 Å². The van der Waals surface area contributed by atoms with Gasteiger partial charge in [0.05, 0.1) is 12.7 Å². The summed E-state index contributed by atoms with van der Waals surface area (Å²) in [4.78, 5) is 24.0. The van der Waals surface area contributed by atoms with Crippen LogP contribution in [0.25, 0.3) is 0 Å². The fourth-order valence-electron chi connectivity index (χ4n) is 0.801. The second kappa shape index (κ2) is 3.08. The third-order valence-corrected chi connectivity index (χ3v) is 1.29. The number of hydrogen-bond donors (Lipinski definition) is 2. The van der Waals surface area contributed by atoms with Gasteiger partial charge in [0.2, 0.25) is 5.56 Å². The predicted molar refractivity (Wildman–Crippen MR) is 42.8 cm³/mol. The molecule has 0 saturated carbocycles. The normalized spacial score (nSPS) is 9.42. The van der Waals surface area contributed by atoms with E-state index < -0.39 is 11.5 Å². The van der Waals surface area contributed by atoms with E-state index in [1.54, 1.807) is 0 Å². The topological polar surface area (TPSA) is 85.2 Å². The summed E-state index contributed by atoms with van der Waals surface area (Å²) in [5.41, 5.74) is 5.02. The van der Waals surface area contributed by atoms with Gasteiger partial charge in [0.1, 0.15) is 5.82 Å². The molecule has 0 aliphatic heterocycles. The number of H-pyrrole nitrogens is 1. The Kier molecular flexibility index (Phi) is 2.14. The van der Waals surface area contributed by atoms with Crippen LogP contribution >= 0.6 is 0 Å². The molecule has 1 rings (SSSR count). The number of nitrogens with one attached hydrogen (secondary N) is 1. The number of nitrogens with two attached hydrogens (primary N) is 1. The van der Waals surface area contributed by atoms with Crippen LogP contribution in [-0.4, -0.2) is 18.1 Å². The molecule has 5 heteroatoms. The second-order valence-corrected chi connectivity index (χ2v) is 2.18. The third-order valence-electron chi connectivity index (χ3n) is 1.29. The van der Waals surface area contributed by atoms with Crippen molar-refractivity contribution >= 4 is 11.8 Å². The molecule has 0 bridgehead atoms. The number of pyridine rings is 1. The molecule has 0 atom stereocenters. The Morgan fingerprint density at radius 2 is 2.25 bits per heavy atom. The summed E-state index contributed by atoms with van der Waals surface area (Å²) in [6, 6.07) is 2.47. The van der Waals surface area contributed by atoms with E-state index in [0.29, 0.717) is 0 Å². The lowest BCUT2D eigenvalue weighted by molar-refractivity contribution is 0.0600. The molecule has 1 aromatic rings. The van der Waals surface area contributed by atoms with E-state index >= 15 is 0 Å². The van der Waals surface area contributed by atoms with Crippen molar-refractivity contribution in [1.29, 1.82) is 0 Å². The Labute approximate surface area is 68.2 Å². The largest absolute Gasteiger partial charge is 0.465 e. The minimum atomic E-state index is -0.576. The molecule has 0 aliphatic rings. The van der Waals surface area contributed by atoms with Crippen molar-refractivity contribution in [3.05, 3.63) is 28.0 Å². The summed E-state index contributed by atoms with van der Waals surface area (Å²) in [7, 11) is 1.24. The van der Waals surface area contributed by atoms with Gasteiger partial charge in [-0.15, -0.1) is 0 Å². The molecule has 0 spiro atoms. The molecule has 0 aromatic carbocycles. The van der Waals surface area contributed by atoms with Crippen LogP contribution in [0.3, 0.4) is 0 Å². The van der Waals surface area contributed by atoms with Crippen LogP contribution < -0.4 is 11.3 Å².